The number of benzene rings is 3. The summed E-state index contributed by atoms with van der Waals surface area (Å²) in [6.45, 7) is 8.13. The van der Waals surface area contributed by atoms with Crippen molar-refractivity contribution in [3.05, 3.63) is 108 Å². The molecule has 0 bridgehead atoms. The summed E-state index contributed by atoms with van der Waals surface area (Å²) in [6.07, 6.45) is -2.35. The minimum absolute atomic E-state index is 0.231. The molecule has 0 aliphatic carbocycles. The van der Waals surface area contributed by atoms with Crippen LogP contribution in [0.25, 0.3) is 0 Å². The van der Waals surface area contributed by atoms with Crippen LogP contribution in [0, 0.1) is 0 Å². The van der Waals surface area contributed by atoms with Crippen molar-refractivity contribution in [2.45, 2.75) is 70.1 Å². The van der Waals surface area contributed by atoms with Gasteiger partial charge in [-0.3, -0.25) is 14.0 Å². The predicted octanol–water partition coefficient (Wildman–Crippen LogP) is 2.46. The number of morpholine rings is 1. The van der Waals surface area contributed by atoms with E-state index in [0.717, 1.165) is 26.0 Å². The fourth-order valence-electron chi connectivity index (χ4n) is 4.16. The number of nitrogens with two attached hydrogens (primary N) is 2. The normalized spacial score (nSPS) is 18.0. The van der Waals surface area contributed by atoms with Gasteiger partial charge < -0.3 is 36.6 Å². The molecule has 1 aliphatic rings. The van der Waals surface area contributed by atoms with Gasteiger partial charge in [0.05, 0.1) is 12.7 Å². The van der Waals surface area contributed by atoms with Crippen LogP contribution in [0.4, 0.5) is 0 Å². The van der Waals surface area contributed by atoms with Gasteiger partial charge >= 0.3 is 22.3 Å². The highest BCUT2D eigenvalue weighted by Gasteiger charge is 2.29. The Balaban J connectivity index is 0.000000606. The van der Waals surface area contributed by atoms with Crippen LogP contribution in [-0.2, 0) is 37.6 Å². The van der Waals surface area contributed by atoms with Crippen LogP contribution in [0.15, 0.2) is 91.0 Å². The minimum atomic E-state index is -4.67. The second-order valence-electron chi connectivity index (χ2n) is 11.3. The van der Waals surface area contributed by atoms with Gasteiger partial charge in [-0.2, -0.15) is 8.42 Å². The third kappa shape index (κ3) is 23.3. The molecular formula is C34H51N3O11S. The Morgan fingerprint density at radius 1 is 0.776 bits per heavy atom. The fourth-order valence-corrected chi connectivity index (χ4v) is 4.16. The lowest BCUT2D eigenvalue weighted by Gasteiger charge is -2.37. The number of carbonyl (C=O) groups is 2. The van der Waals surface area contributed by atoms with E-state index < -0.39 is 34.5 Å². The van der Waals surface area contributed by atoms with E-state index in [4.69, 9.17) is 54.2 Å². The van der Waals surface area contributed by atoms with E-state index in [2.05, 4.69) is 67.4 Å². The summed E-state index contributed by atoms with van der Waals surface area (Å²) in [7, 11) is -2.51. The molecule has 15 heteroatoms. The summed E-state index contributed by atoms with van der Waals surface area (Å²) in [5.41, 5.74) is 15.2. The molecule has 6 atom stereocenters. The van der Waals surface area contributed by atoms with Crippen molar-refractivity contribution in [2.24, 2.45) is 11.5 Å². The molecule has 4 rings (SSSR count). The summed E-state index contributed by atoms with van der Waals surface area (Å²) in [5.74, 6) is -3.54. The molecule has 0 spiro atoms. The van der Waals surface area contributed by atoms with Crippen molar-refractivity contribution < 1.29 is 52.3 Å². The van der Waals surface area contributed by atoms with Crippen LogP contribution < -0.4 is 11.5 Å². The highest BCUT2D eigenvalue weighted by atomic mass is 32.3. The average Bonchev–Trinajstić information content (AvgIpc) is 3.02. The van der Waals surface area contributed by atoms with Gasteiger partial charge in [-0.1, -0.05) is 91.0 Å². The number of nitrogens with zero attached hydrogens (tertiary/aromatic N) is 1. The molecule has 0 saturated carbocycles. The van der Waals surface area contributed by atoms with Crippen molar-refractivity contribution >= 4 is 22.3 Å². The van der Waals surface area contributed by atoms with Gasteiger partial charge in [0, 0.05) is 24.7 Å². The zero-order chi connectivity index (χ0) is 37.6. The molecule has 14 nitrogen and oxygen atoms in total. The lowest BCUT2D eigenvalue weighted by molar-refractivity contribution is -0.165. The Morgan fingerprint density at radius 3 is 1.41 bits per heavy atom. The van der Waals surface area contributed by atoms with Gasteiger partial charge in [0.2, 0.25) is 0 Å². The number of hydrogen-bond donors (Lipinski definition) is 8. The molecule has 1 aliphatic heterocycles. The van der Waals surface area contributed by atoms with E-state index in [0.29, 0.717) is 6.04 Å². The Morgan fingerprint density at radius 2 is 1.10 bits per heavy atom. The molecule has 0 amide bonds. The molecule has 0 aromatic heterocycles. The van der Waals surface area contributed by atoms with E-state index in [9.17, 15) is 9.59 Å². The second-order valence-corrected chi connectivity index (χ2v) is 12.2. The van der Waals surface area contributed by atoms with E-state index >= 15 is 0 Å². The van der Waals surface area contributed by atoms with Crippen molar-refractivity contribution in [3.63, 3.8) is 0 Å². The maximum atomic E-state index is 9.77. The van der Waals surface area contributed by atoms with Crippen LogP contribution in [0.3, 0.4) is 0 Å². The standard InChI is InChI=1S/C12H17NO.2C9H13N.C4H6O6.H2O4S/c1-10-12(14-9-8-13(10)2)11-6-4-3-5-7-11;2*1-8(10)7-9-5-3-2-4-6-9;5-1(3(7)8)2(6)4(9)10;1-5(2,3)4/h3-7,10,12H,8-9H2,1-2H3;2*2-6,8H,7,10H2,1H3;1-2,5-6H,(H,7,8)(H,9,10);(H2,1,2,3,4)/t10-,12+;2*8-;;/m000../s1. The Kier molecular flexibility index (Phi) is 22.5. The average molecular weight is 710 g/mol. The van der Waals surface area contributed by atoms with E-state index in [1.807, 2.05) is 56.3 Å². The maximum Gasteiger partial charge on any atom is 0.394 e. The van der Waals surface area contributed by atoms with E-state index in [1.54, 1.807) is 0 Å². The van der Waals surface area contributed by atoms with Gasteiger partial charge in [0.15, 0.2) is 12.2 Å². The third-order valence-corrected chi connectivity index (χ3v) is 6.61. The van der Waals surface area contributed by atoms with Gasteiger partial charge in [-0.15, -0.1) is 0 Å². The first-order chi connectivity index (χ1) is 22.8. The largest absolute Gasteiger partial charge is 0.479 e. The number of aliphatic hydroxyl groups is 2. The first kappa shape index (κ1) is 45.2. The summed E-state index contributed by atoms with van der Waals surface area (Å²) in [5, 5.41) is 32.5. The zero-order valence-corrected chi connectivity index (χ0v) is 29.0. The SMILES string of the molecule is C[C@H](N)Cc1ccccc1.C[C@H](N)Cc1ccccc1.C[C@H]1[C@H](c2ccccc2)OCCN1C.O=C(O)C(O)C(O)C(=O)O.O=S(=O)(O)O. The van der Waals surface area contributed by atoms with Crippen LogP contribution in [0.2, 0.25) is 0 Å². The first-order valence-electron chi connectivity index (χ1n) is 15.3. The van der Waals surface area contributed by atoms with E-state index in [1.165, 1.54) is 16.7 Å². The van der Waals surface area contributed by atoms with Gasteiger partial charge in [0.1, 0.15) is 0 Å². The molecule has 274 valence electrons. The van der Waals surface area contributed by atoms with Gasteiger partial charge in [0.25, 0.3) is 0 Å². The molecule has 1 fully saturated rings. The van der Waals surface area contributed by atoms with Crippen molar-refractivity contribution in [2.75, 3.05) is 20.2 Å². The molecule has 3 aromatic carbocycles. The molecule has 1 saturated heterocycles. The van der Waals surface area contributed by atoms with Gasteiger partial charge in [-0.25, -0.2) is 9.59 Å². The Hall–Kier alpha value is -3.77. The molecule has 0 radical (unpaired) electrons. The monoisotopic (exact) mass is 709 g/mol. The number of rotatable bonds is 8. The van der Waals surface area contributed by atoms with Crippen LogP contribution in [0.5, 0.6) is 0 Å². The molecule has 3 aromatic rings. The number of aliphatic hydroxyl groups excluding tert-OH is 2. The predicted molar refractivity (Wildman–Crippen MR) is 186 cm³/mol. The lowest BCUT2D eigenvalue weighted by atomic mass is 10.0. The maximum absolute atomic E-state index is 9.77. The van der Waals surface area contributed by atoms with E-state index in [-0.39, 0.29) is 18.2 Å². The number of carboxylic acid groups (broad SMARTS) is 2. The quantitative estimate of drug-likeness (QED) is 0.156. The van der Waals surface area contributed by atoms with Crippen LogP contribution >= 0.6 is 0 Å². The van der Waals surface area contributed by atoms with Crippen LogP contribution in [0.1, 0.15) is 43.6 Å². The summed E-state index contributed by atoms with van der Waals surface area (Å²) >= 11 is 0. The molecule has 2 unspecified atom stereocenters. The molecule has 10 N–H and O–H groups in total. The smallest absolute Gasteiger partial charge is 0.394 e. The van der Waals surface area contributed by atoms with Crippen molar-refractivity contribution in [3.8, 4) is 0 Å². The minimum Gasteiger partial charge on any atom is -0.479 e. The number of likely N-dealkylation sites (N-methyl/N-ethyl adjacent to an activating group) is 1. The summed E-state index contributed by atoms with van der Waals surface area (Å²) in [4.78, 5) is 21.9. The first-order valence-corrected chi connectivity index (χ1v) is 16.7. The summed E-state index contributed by atoms with van der Waals surface area (Å²) in [6, 6.07) is 32.1. The topological polar surface area (TPSA) is 254 Å². The van der Waals surface area contributed by atoms with Crippen molar-refractivity contribution in [1.82, 2.24) is 4.90 Å². The Bertz CT molecular complexity index is 1340. The lowest BCUT2D eigenvalue weighted by Crippen LogP contribution is -2.42. The van der Waals surface area contributed by atoms with Crippen LogP contribution in [-0.4, -0.2) is 105 Å². The number of carboxylic acids is 2. The zero-order valence-electron chi connectivity index (χ0n) is 28.2. The Labute approximate surface area is 288 Å². The summed E-state index contributed by atoms with van der Waals surface area (Å²) < 4.78 is 37.4. The molecular weight excluding hydrogens is 658 g/mol. The number of hydrogen-bond acceptors (Lipinski definition) is 10. The number of aliphatic carboxylic acids is 2. The molecule has 49 heavy (non-hydrogen) atoms. The second kappa shape index (κ2) is 24.4. The third-order valence-electron chi connectivity index (χ3n) is 6.61. The number of ether oxygens (including phenoxy) is 1. The fraction of sp³-hybridized carbons (Fsp3) is 0.412. The highest BCUT2D eigenvalue weighted by molar-refractivity contribution is 7.79. The van der Waals surface area contributed by atoms with Crippen molar-refractivity contribution in [1.29, 1.82) is 0 Å². The highest BCUT2D eigenvalue weighted by Crippen LogP contribution is 2.26. The van der Waals surface area contributed by atoms with Gasteiger partial charge in [-0.05, 0) is 57.4 Å². The molecule has 1 heterocycles.